The monoisotopic (exact) mass is 279 g/mol. The molecule has 1 aliphatic rings. The predicted octanol–water partition coefficient (Wildman–Crippen LogP) is 2.36. The highest BCUT2D eigenvalue weighted by molar-refractivity contribution is 5.33. The van der Waals surface area contributed by atoms with Gasteiger partial charge in [-0.1, -0.05) is 13.0 Å². The molecule has 0 spiro atoms. The zero-order valence-corrected chi connectivity index (χ0v) is 12.4. The largest absolute Gasteiger partial charge is 0.497 e. The average molecular weight is 279 g/mol. The molecule has 0 aliphatic heterocycles. The number of aliphatic hydroxyl groups is 1. The van der Waals surface area contributed by atoms with Crippen LogP contribution >= 0.6 is 0 Å². The number of hydrogen-bond donors (Lipinski definition) is 2. The van der Waals surface area contributed by atoms with Gasteiger partial charge in [0.05, 0.1) is 13.7 Å². The fourth-order valence-electron chi connectivity index (χ4n) is 3.01. The SMILES string of the molecule is CCNC1(CO)CCCC(Oc2cccc(OC)c2)C1. The zero-order chi connectivity index (χ0) is 14.4. The van der Waals surface area contributed by atoms with Crippen molar-refractivity contribution in [1.29, 1.82) is 0 Å². The molecule has 0 heterocycles. The van der Waals surface area contributed by atoms with Crippen LogP contribution < -0.4 is 14.8 Å². The van der Waals surface area contributed by atoms with Crippen LogP contribution in [0, 0.1) is 0 Å². The molecule has 2 rings (SSSR count). The van der Waals surface area contributed by atoms with Gasteiger partial charge in [0, 0.05) is 18.0 Å². The summed E-state index contributed by atoms with van der Waals surface area (Å²) in [6.07, 6.45) is 4.10. The van der Waals surface area contributed by atoms with Crippen molar-refractivity contribution in [2.24, 2.45) is 0 Å². The van der Waals surface area contributed by atoms with Gasteiger partial charge >= 0.3 is 0 Å². The Bertz CT molecular complexity index is 420. The van der Waals surface area contributed by atoms with Gasteiger partial charge in [0.2, 0.25) is 0 Å². The van der Waals surface area contributed by atoms with Crippen LogP contribution in [-0.2, 0) is 0 Å². The van der Waals surface area contributed by atoms with E-state index in [1.54, 1.807) is 7.11 Å². The summed E-state index contributed by atoms with van der Waals surface area (Å²) >= 11 is 0. The lowest BCUT2D eigenvalue weighted by atomic mass is 9.80. The van der Waals surface area contributed by atoms with Gasteiger partial charge in [-0.25, -0.2) is 0 Å². The van der Waals surface area contributed by atoms with E-state index in [4.69, 9.17) is 9.47 Å². The Morgan fingerprint density at radius 2 is 2.20 bits per heavy atom. The predicted molar refractivity (Wildman–Crippen MR) is 79.4 cm³/mol. The molecule has 1 aromatic carbocycles. The van der Waals surface area contributed by atoms with E-state index in [-0.39, 0.29) is 18.2 Å². The Balaban J connectivity index is 2.01. The molecule has 4 heteroatoms. The second-order valence-electron chi connectivity index (χ2n) is 5.48. The highest BCUT2D eigenvalue weighted by Gasteiger charge is 2.36. The molecule has 1 fully saturated rings. The van der Waals surface area contributed by atoms with E-state index in [1.165, 1.54) is 0 Å². The summed E-state index contributed by atoms with van der Waals surface area (Å²) in [7, 11) is 1.65. The lowest BCUT2D eigenvalue weighted by Gasteiger charge is -2.40. The van der Waals surface area contributed by atoms with Crippen molar-refractivity contribution in [2.45, 2.75) is 44.2 Å². The molecule has 0 saturated heterocycles. The first kappa shape index (κ1) is 15.1. The molecule has 2 atom stereocenters. The van der Waals surface area contributed by atoms with Crippen LogP contribution in [0.25, 0.3) is 0 Å². The molecule has 0 radical (unpaired) electrons. The van der Waals surface area contributed by atoms with E-state index >= 15 is 0 Å². The topological polar surface area (TPSA) is 50.7 Å². The van der Waals surface area contributed by atoms with Gasteiger partial charge in [-0.05, 0) is 37.9 Å². The average Bonchev–Trinajstić information content (AvgIpc) is 2.48. The number of methoxy groups -OCH3 is 1. The summed E-state index contributed by atoms with van der Waals surface area (Å²) in [5.41, 5.74) is -0.184. The maximum atomic E-state index is 9.70. The molecule has 4 nitrogen and oxygen atoms in total. The van der Waals surface area contributed by atoms with Gasteiger partial charge in [0.25, 0.3) is 0 Å². The van der Waals surface area contributed by atoms with Gasteiger partial charge in [-0.3, -0.25) is 0 Å². The van der Waals surface area contributed by atoms with Gasteiger partial charge in [0.15, 0.2) is 0 Å². The van der Waals surface area contributed by atoms with Crippen molar-refractivity contribution < 1.29 is 14.6 Å². The van der Waals surface area contributed by atoms with Crippen LogP contribution in [0.15, 0.2) is 24.3 Å². The van der Waals surface area contributed by atoms with E-state index in [0.717, 1.165) is 43.7 Å². The maximum Gasteiger partial charge on any atom is 0.123 e. The summed E-state index contributed by atoms with van der Waals surface area (Å²) in [6, 6.07) is 7.69. The Morgan fingerprint density at radius 1 is 1.40 bits per heavy atom. The molecule has 112 valence electrons. The fraction of sp³-hybridized carbons (Fsp3) is 0.625. The Hall–Kier alpha value is -1.26. The zero-order valence-electron chi connectivity index (χ0n) is 12.4. The number of likely N-dealkylation sites (N-methyl/N-ethyl adjacent to an activating group) is 1. The Labute approximate surface area is 121 Å². The molecule has 1 saturated carbocycles. The maximum absolute atomic E-state index is 9.70. The first-order chi connectivity index (χ1) is 9.71. The third kappa shape index (κ3) is 3.64. The normalized spacial score (nSPS) is 26.2. The number of ether oxygens (including phenoxy) is 2. The second kappa shape index (κ2) is 6.95. The molecule has 1 aliphatic carbocycles. The van der Waals surface area contributed by atoms with Crippen LogP contribution in [0.2, 0.25) is 0 Å². The third-order valence-corrected chi connectivity index (χ3v) is 4.00. The van der Waals surface area contributed by atoms with Crippen molar-refractivity contribution in [3.63, 3.8) is 0 Å². The first-order valence-corrected chi connectivity index (χ1v) is 7.38. The van der Waals surface area contributed by atoms with Crippen molar-refractivity contribution in [3.05, 3.63) is 24.3 Å². The standard InChI is InChI=1S/C16H25NO3/c1-3-17-16(12-18)9-5-8-15(11-16)20-14-7-4-6-13(10-14)19-2/h4,6-7,10,15,17-18H,3,5,8-9,11-12H2,1-2H3. The minimum atomic E-state index is -0.184. The molecule has 2 N–H and O–H groups in total. The van der Waals surface area contributed by atoms with E-state index in [1.807, 2.05) is 24.3 Å². The minimum absolute atomic E-state index is 0.141. The summed E-state index contributed by atoms with van der Waals surface area (Å²) in [5.74, 6) is 1.64. The lowest BCUT2D eigenvalue weighted by molar-refractivity contribution is 0.0519. The number of benzene rings is 1. The van der Waals surface area contributed by atoms with Gasteiger partial charge in [0.1, 0.15) is 17.6 Å². The fourth-order valence-corrected chi connectivity index (χ4v) is 3.01. The molecule has 20 heavy (non-hydrogen) atoms. The summed E-state index contributed by atoms with van der Waals surface area (Å²) in [4.78, 5) is 0. The minimum Gasteiger partial charge on any atom is -0.497 e. The van der Waals surface area contributed by atoms with Crippen molar-refractivity contribution in [2.75, 3.05) is 20.3 Å². The Morgan fingerprint density at radius 3 is 2.90 bits per heavy atom. The number of hydrogen-bond acceptors (Lipinski definition) is 4. The van der Waals surface area contributed by atoms with E-state index in [0.29, 0.717) is 0 Å². The molecule has 0 aromatic heterocycles. The quantitative estimate of drug-likeness (QED) is 0.839. The molecule has 0 amide bonds. The highest BCUT2D eigenvalue weighted by atomic mass is 16.5. The molecule has 0 bridgehead atoms. The summed E-state index contributed by atoms with van der Waals surface area (Å²) < 4.78 is 11.3. The molecular weight excluding hydrogens is 254 g/mol. The van der Waals surface area contributed by atoms with Crippen LogP contribution in [-0.4, -0.2) is 37.0 Å². The second-order valence-corrected chi connectivity index (χ2v) is 5.48. The van der Waals surface area contributed by atoms with E-state index in [9.17, 15) is 5.11 Å². The first-order valence-electron chi connectivity index (χ1n) is 7.38. The summed E-state index contributed by atoms with van der Waals surface area (Å²) in [5, 5.41) is 13.1. The van der Waals surface area contributed by atoms with Crippen LogP contribution in [0.1, 0.15) is 32.6 Å². The van der Waals surface area contributed by atoms with Crippen molar-refractivity contribution in [3.8, 4) is 11.5 Å². The van der Waals surface area contributed by atoms with Gasteiger partial charge < -0.3 is 19.9 Å². The van der Waals surface area contributed by atoms with Crippen LogP contribution in [0.4, 0.5) is 0 Å². The number of nitrogens with one attached hydrogen (secondary N) is 1. The lowest BCUT2D eigenvalue weighted by Crippen LogP contribution is -2.53. The van der Waals surface area contributed by atoms with Gasteiger partial charge in [-0.2, -0.15) is 0 Å². The van der Waals surface area contributed by atoms with Crippen molar-refractivity contribution >= 4 is 0 Å². The van der Waals surface area contributed by atoms with E-state index in [2.05, 4.69) is 12.2 Å². The van der Waals surface area contributed by atoms with Crippen molar-refractivity contribution in [1.82, 2.24) is 5.32 Å². The van der Waals surface area contributed by atoms with E-state index < -0.39 is 0 Å². The smallest absolute Gasteiger partial charge is 0.123 e. The number of rotatable bonds is 6. The number of aliphatic hydroxyl groups excluding tert-OH is 1. The van der Waals surface area contributed by atoms with Gasteiger partial charge in [-0.15, -0.1) is 0 Å². The Kier molecular flexibility index (Phi) is 5.26. The molecule has 2 unspecified atom stereocenters. The van der Waals surface area contributed by atoms with Crippen LogP contribution in [0.5, 0.6) is 11.5 Å². The molecular formula is C16H25NO3. The van der Waals surface area contributed by atoms with Crippen LogP contribution in [0.3, 0.4) is 0 Å². The highest BCUT2D eigenvalue weighted by Crippen LogP contribution is 2.31. The summed E-state index contributed by atoms with van der Waals surface area (Å²) in [6.45, 7) is 3.11. The third-order valence-electron chi connectivity index (χ3n) is 4.00. The molecule has 1 aromatic rings.